The van der Waals surface area contributed by atoms with E-state index in [1.165, 1.54) is 10.5 Å². The van der Waals surface area contributed by atoms with E-state index in [0.29, 0.717) is 32.5 Å². The highest BCUT2D eigenvalue weighted by Crippen LogP contribution is 2.20. The zero-order valence-electron chi connectivity index (χ0n) is 17.3. The molecule has 1 aliphatic heterocycles. The third kappa shape index (κ3) is 7.21. The van der Waals surface area contributed by atoms with Gasteiger partial charge in [-0.15, -0.1) is 0 Å². The van der Waals surface area contributed by atoms with Gasteiger partial charge in [-0.05, 0) is 39.2 Å². The Hall–Kier alpha value is -2.08. The highest BCUT2D eigenvalue weighted by molar-refractivity contribution is 5.79. The van der Waals surface area contributed by atoms with Gasteiger partial charge in [-0.25, -0.2) is 4.79 Å². The summed E-state index contributed by atoms with van der Waals surface area (Å²) in [4.78, 5) is 27.6. The Morgan fingerprint density at radius 1 is 1.11 bits per heavy atom. The molecule has 0 aliphatic carbocycles. The predicted molar refractivity (Wildman–Crippen MR) is 105 cm³/mol. The first-order chi connectivity index (χ1) is 12.6. The van der Waals surface area contributed by atoms with Gasteiger partial charge < -0.3 is 19.9 Å². The number of likely N-dealkylation sites (tertiary alicyclic amines) is 1. The molecule has 0 aromatic heterocycles. The minimum Gasteiger partial charge on any atom is -0.444 e. The number of carbonyl (C=O) groups excluding carboxylic acids is 2. The lowest BCUT2D eigenvalue weighted by molar-refractivity contribution is -0.872. The summed E-state index contributed by atoms with van der Waals surface area (Å²) in [5.74, 6) is 0.0287. The number of quaternary nitrogens is 1. The molecule has 2 N–H and O–H groups in total. The summed E-state index contributed by atoms with van der Waals surface area (Å²) in [5.41, 5.74) is 1.90. The van der Waals surface area contributed by atoms with Crippen molar-refractivity contribution in [2.45, 2.75) is 52.3 Å². The molecule has 0 bridgehead atoms. The van der Waals surface area contributed by atoms with Crippen LogP contribution in [0.1, 0.15) is 44.7 Å². The molecular weight excluding hydrogens is 342 g/mol. The lowest BCUT2D eigenvalue weighted by Gasteiger charge is -2.32. The number of nitrogens with zero attached hydrogens (tertiary/aromatic N) is 1. The summed E-state index contributed by atoms with van der Waals surface area (Å²) in [5, 5.41) is 3.03. The van der Waals surface area contributed by atoms with E-state index in [0.717, 1.165) is 12.1 Å². The maximum Gasteiger partial charge on any atom is 0.410 e. The molecule has 1 heterocycles. The molecule has 0 saturated carbocycles. The normalized spacial score (nSPS) is 15.7. The van der Waals surface area contributed by atoms with Gasteiger partial charge in [0, 0.05) is 31.1 Å². The summed E-state index contributed by atoms with van der Waals surface area (Å²) < 4.78 is 5.40. The van der Waals surface area contributed by atoms with Gasteiger partial charge in [-0.1, -0.05) is 24.3 Å². The minimum atomic E-state index is -0.491. The van der Waals surface area contributed by atoms with E-state index in [4.69, 9.17) is 4.74 Å². The van der Waals surface area contributed by atoms with Crippen LogP contribution in [0.4, 0.5) is 4.79 Å². The van der Waals surface area contributed by atoms with Gasteiger partial charge >= 0.3 is 6.09 Å². The Morgan fingerprint density at radius 2 is 1.67 bits per heavy atom. The number of hydrogen-bond donors (Lipinski definition) is 2. The molecule has 150 valence electrons. The van der Waals surface area contributed by atoms with Crippen LogP contribution in [0.5, 0.6) is 0 Å². The van der Waals surface area contributed by atoms with Crippen molar-refractivity contribution in [1.29, 1.82) is 0 Å². The SMILES string of the molecule is C[NH+](C)Cc1ccc(CNC(=O)C2CCN(C(=O)OC(C)(C)C)CC2)cc1. The van der Waals surface area contributed by atoms with Crippen LogP contribution in [0.15, 0.2) is 24.3 Å². The van der Waals surface area contributed by atoms with E-state index < -0.39 is 5.60 Å². The van der Waals surface area contributed by atoms with Crippen molar-refractivity contribution in [1.82, 2.24) is 10.2 Å². The monoisotopic (exact) mass is 376 g/mol. The van der Waals surface area contributed by atoms with Crippen molar-refractivity contribution in [3.63, 3.8) is 0 Å². The highest BCUT2D eigenvalue weighted by Gasteiger charge is 2.29. The van der Waals surface area contributed by atoms with E-state index in [2.05, 4.69) is 43.7 Å². The fourth-order valence-electron chi connectivity index (χ4n) is 3.17. The molecule has 0 unspecified atom stereocenters. The average molecular weight is 377 g/mol. The summed E-state index contributed by atoms with van der Waals surface area (Å²) in [6.45, 7) is 8.24. The van der Waals surface area contributed by atoms with Crippen molar-refractivity contribution in [3.8, 4) is 0 Å². The second kappa shape index (κ2) is 9.22. The van der Waals surface area contributed by atoms with Crippen LogP contribution >= 0.6 is 0 Å². The average Bonchev–Trinajstić information content (AvgIpc) is 2.59. The molecule has 1 aromatic carbocycles. The molecule has 1 aromatic rings. The smallest absolute Gasteiger partial charge is 0.410 e. The van der Waals surface area contributed by atoms with E-state index in [1.807, 2.05) is 20.8 Å². The van der Waals surface area contributed by atoms with Gasteiger partial charge in [0.2, 0.25) is 5.91 Å². The summed E-state index contributed by atoms with van der Waals surface area (Å²) in [6.07, 6.45) is 1.06. The fraction of sp³-hybridized carbons (Fsp3) is 0.619. The maximum atomic E-state index is 12.4. The van der Waals surface area contributed by atoms with E-state index >= 15 is 0 Å². The van der Waals surface area contributed by atoms with Crippen LogP contribution in [-0.4, -0.2) is 49.7 Å². The quantitative estimate of drug-likeness (QED) is 0.820. The Labute approximate surface area is 162 Å². The van der Waals surface area contributed by atoms with Crippen LogP contribution in [0.2, 0.25) is 0 Å². The third-order valence-electron chi connectivity index (χ3n) is 4.56. The molecule has 0 atom stereocenters. The van der Waals surface area contributed by atoms with Gasteiger partial charge in [-0.3, -0.25) is 4.79 Å². The first kappa shape index (κ1) is 21.2. The number of carbonyl (C=O) groups is 2. The topological polar surface area (TPSA) is 63.1 Å². The first-order valence-electron chi connectivity index (χ1n) is 9.76. The molecule has 1 aliphatic rings. The van der Waals surface area contributed by atoms with Crippen LogP contribution in [0, 0.1) is 5.92 Å². The predicted octanol–water partition coefficient (Wildman–Crippen LogP) is 1.59. The third-order valence-corrected chi connectivity index (χ3v) is 4.56. The number of nitrogens with one attached hydrogen (secondary N) is 2. The molecule has 2 amide bonds. The number of piperidine rings is 1. The van der Waals surface area contributed by atoms with Crippen molar-refractivity contribution in [3.05, 3.63) is 35.4 Å². The summed E-state index contributed by atoms with van der Waals surface area (Å²) >= 11 is 0. The number of amides is 2. The van der Waals surface area contributed by atoms with Crippen LogP contribution in [-0.2, 0) is 22.6 Å². The lowest BCUT2D eigenvalue weighted by atomic mass is 9.96. The molecule has 0 spiro atoms. The molecule has 1 fully saturated rings. The van der Waals surface area contributed by atoms with Crippen LogP contribution < -0.4 is 10.2 Å². The molecule has 6 nitrogen and oxygen atoms in total. The van der Waals surface area contributed by atoms with Crippen molar-refractivity contribution < 1.29 is 19.2 Å². The molecule has 6 heteroatoms. The largest absolute Gasteiger partial charge is 0.444 e. The van der Waals surface area contributed by atoms with Crippen LogP contribution in [0.25, 0.3) is 0 Å². The Balaban J connectivity index is 1.75. The minimum absolute atomic E-state index is 0.0414. The van der Waals surface area contributed by atoms with E-state index in [9.17, 15) is 9.59 Å². The van der Waals surface area contributed by atoms with Crippen molar-refractivity contribution >= 4 is 12.0 Å². The zero-order valence-corrected chi connectivity index (χ0v) is 17.3. The van der Waals surface area contributed by atoms with Gasteiger partial charge in [0.05, 0.1) is 14.1 Å². The second-order valence-corrected chi connectivity index (χ2v) is 8.66. The van der Waals surface area contributed by atoms with E-state index in [-0.39, 0.29) is 17.9 Å². The molecule has 0 radical (unpaired) electrons. The fourth-order valence-corrected chi connectivity index (χ4v) is 3.17. The molecule has 1 saturated heterocycles. The number of hydrogen-bond acceptors (Lipinski definition) is 3. The molecule has 27 heavy (non-hydrogen) atoms. The number of ether oxygens (including phenoxy) is 1. The Kier molecular flexibility index (Phi) is 7.25. The summed E-state index contributed by atoms with van der Waals surface area (Å²) in [7, 11) is 4.25. The van der Waals surface area contributed by atoms with E-state index in [1.54, 1.807) is 4.90 Å². The van der Waals surface area contributed by atoms with Gasteiger partial charge in [-0.2, -0.15) is 0 Å². The van der Waals surface area contributed by atoms with Gasteiger partial charge in [0.1, 0.15) is 12.1 Å². The van der Waals surface area contributed by atoms with Gasteiger partial charge in [0.25, 0.3) is 0 Å². The Bertz CT molecular complexity index is 627. The zero-order chi connectivity index (χ0) is 20.0. The van der Waals surface area contributed by atoms with Crippen molar-refractivity contribution in [2.24, 2.45) is 5.92 Å². The second-order valence-electron chi connectivity index (χ2n) is 8.66. The Morgan fingerprint density at radius 3 is 2.19 bits per heavy atom. The molecular formula is C21H34N3O3+. The van der Waals surface area contributed by atoms with Gasteiger partial charge in [0.15, 0.2) is 0 Å². The van der Waals surface area contributed by atoms with Crippen LogP contribution in [0.3, 0.4) is 0 Å². The number of rotatable bonds is 5. The maximum absolute atomic E-state index is 12.4. The first-order valence-corrected chi connectivity index (χ1v) is 9.76. The highest BCUT2D eigenvalue weighted by atomic mass is 16.6. The van der Waals surface area contributed by atoms with Crippen molar-refractivity contribution in [2.75, 3.05) is 27.2 Å². The molecule has 2 rings (SSSR count). The number of benzene rings is 1. The standard InChI is InChI=1S/C21H33N3O3/c1-21(2,3)27-20(26)24-12-10-18(11-13-24)19(25)22-14-16-6-8-17(9-7-16)15-23(4)5/h6-9,18H,10-15H2,1-5H3,(H,22,25)/p+1. The summed E-state index contributed by atoms with van der Waals surface area (Å²) in [6, 6.07) is 8.38. The lowest BCUT2D eigenvalue weighted by Crippen LogP contribution is -3.04.